The Morgan fingerprint density at radius 3 is 2.49 bits per heavy atom. The van der Waals surface area contributed by atoms with Crippen molar-refractivity contribution < 1.29 is 23.5 Å². The smallest absolute Gasteiger partial charge is 0.255 e. The lowest BCUT2D eigenvalue weighted by Crippen LogP contribution is -2.27. The van der Waals surface area contributed by atoms with E-state index in [1.54, 1.807) is 36.4 Å². The second kappa shape index (κ2) is 10.3. The van der Waals surface area contributed by atoms with E-state index in [1.165, 1.54) is 32.4 Å². The number of benzene rings is 3. The highest BCUT2D eigenvalue weighted by Gasteiger charge is 2.14. The lowest BCUT2D eigenvalue weighted by Gasteiger charge is -2.10. The zero-order valence-corrected chi connectivity index (χ0v) is 19.6. The van der Waals surface area contributed by atoms with Gasteiger partial charge in [-0.2, -0.15) is 0 Å². The average molecular weight is 477 g/mol. The minimum Gasteiger partial charge on any atom is -0.493 e. The summed E-state index contributed by atoms with van der Waals surface area (Å²) in [4.78, 5) is 29.6. The highest BCUT2D eigenvalue weighted by atomic mass is 19.1. The Hall–Kier alpha value is -4.40. The van der Waals surface area contributed by atoms with Crippen molar-refractivity contribution in [1.82, 2.24) is 14.9 Å². The van der Waals surface area contributed by atoms with E-state index < -0.39 is 11.7 Å². The fourth-order valence-electron chi connectivity index (χ4n) is 3.76. The van der Waals surface area contributed by atoms with Crippen LogP contribution in [0.25, 0.3) is 11.0 Å². The summed E-state index contributed by atoms with van der Waals surface area (Å²) in [6.07, 6.45) is 0.457. The predicted molar refractivity (Wildman–Crippen MR) is 131 cm³/mol. The van der Waals surface area contributed by atoms with E-state index in [4.69, 9.17) is 9.47 Å². The molecule has 0 bridgehead atoms. The third-order valence-electron chi connectivity index (χ3n) is 5.63. The molecule has 0 atom stereocenters. The molecule has 8 nitrogen and oxygen atoms in total. The van der Waals surface area contributed by atoms with Crippen LogP contribution in [0.2, 0.25) is 0 Å². The molecule has 2 amide bonds. The summed E-state index contributed by atoms with van der Waals surface area (Å²) in [7, 11) is 4.92. The Labute approximate surface area is 201 Å². The number of imidazole rings is 1. The summed E-state index contributed by atoms with van der Waals surface area (Å²) < 4.78 is 26.2. The Bertz CT molecular complexity index is 1400. The minimum atomic E-state index is -0.560. The van der Waals surface area contributed by atoms with Crippen LogP contribution in [-0.2, 0) is 13.5 Å². The fraction of sp³-hybridized carbons (Fsp3) is 0.192. The van der Waals surface area contributed by atoms with Crippen molar-refractivity contribution in [1.29, 1.82) is 0 Å². The number of carbonyl (C=O) groups is 2. The molecule has 1 heterocycles. The van der Waals surface area contributed by atoms with Crippen LogP contribution in [-0.4, -0.2) is 42.1 Å². The van der Waals surface area contributed by atoms with Gasteiger partial charge in [-0.05, 0) is 48.5 Å². The van der Waals surface area contributed by atoms with E-state index in [2.05, 4.69) is 15.6 Å². The Morgan fingerprint density at radius 1 is 0.971 bits per heavy atom. The lowest BCUT2D eigenvalue weighted by molar-refractivity contribution is 0.0949. The summed E-state index contributed by atoms with van der Waals surface area (Å²) >= 11 is 0. The molecular formula is C26H25FN4O4. The molecule has 0 fully saturated rings. The summed E-state index contributed by atoms with van der Waals surface area (Å²) in [5.41, 5.74) is 2.61. The van der Waals surface area contributed by atoms with Gasteiger partial charge in [0.2, 0.25) is 0 Å². The van der Waals surface area contributed by atoms with Crippen molar-refractivity contribution in [3.05, 3.63) is 83.4 Å². The second-order valence-corrected chi connectivity index (χ2v) is 7.80. The maximum Gasteiger partial charge on any atom is 0.255 e. The number of fused-ring (bicyclic) bond motifs is 1. The van der Waals surface area contributed by atoms with Gasteiger partial charge in [0.25, 0.3) is 11.8 Å². The lowest BCUT2D eigenvalue weighted by atomic mass is 10.1. The van der Waals surface area contributed by atoms with Crippen LogP contribution in [0.5, 0.6) is 11.5 Å². The van der Waals surface area contributed by atoms with Crippen molar-refractivity contribution in [3.8, 4) is 11.5 Å². The van der Waals surface area contributed by atoms with Crippen molar-refractivity contribution in [2.24, 2.45) is 7.05 Å². The van der Waals surface area contributed by atoms with Gasteiger partial charge >= 0.3 is 0 Å². The molecule has 4 rings (SSSR count). The number of halogens is 1. The van der Waals surface area contributed by atoms with Crippen molar-refractivity contribution in [2.75, 3.05) is 26.1 Å². The van der Waals surface area contributed by atoms with Gasteiger partial charge in [0.05, 0.1) is 30.8 Å². The van der Waals surface area contributed by atoms with Crippen LogP contribution >= 0.6 is 0 Å². The molecule has 3 aromatic carbocycles. The monoisotopic (exact) mass is 476 g/mol. The van der Waals surface area contributed by atoms with Crippen LogP contribution in [0.15, 0.2) is 60.7 Å². The molecule has 9 heteroatoms. The van der Waals surface area contributed by atoms with Crippen molar-refractivity contribution in [3.63, 3.8) is 0 Å². The van der Waals surface area contributed by atoms with Gasteiger partial charge < -0.3 is 24.7 Å². The van der Waals surface area contributed by atoms with E-state index in [0.29, 0.717) is 41.2 Å². The van der Waals surface area contributed by atoms with Gasteiger partial charge in [-0.25, -0.2) is 9.37 Å². The summed E-state index contributed by atoms with van der Waals surface area (Å²) in [6.45, 7) is 0.299. The largest absolute Gasteiger partial charge is 0.493 e. The molecule has 0 aliphatic rings. The van der Waals surface area contributed by atoms with E-state index >= 15 is 0 Å². The predicted octanol–water partition coefficient (Wildman–Crippen LogP) is 3.95. The Morgan fingerprint density at radius 2 is 1.74 bits per heavy atom. The molecule has 4 aromatic rings. The summed E-state index contributed by atoms with van der Waals surface area (Å²) in [5.74, 6) is 0.426. The van der Waals surface area contributed by atoms with Gasteiger partial charge in [0.1, 0.15) is 11.6 Å². The molecular weight excluding hydrogens is 451 g/mol. The highest BCUT2D eigenvalue weighted by Crippen LogP contribution is 2.28. The zero-order chi connectivity index (χ0) is 24.9. The van der Waals surface area contributed by atoms with Crippen LogP contribution in [0.3, 0.4) is 0 Å². The quantitative estimate of drug-likeness (QED) is 0.402. The van der Waals surface area contributed by atoms with Crippen LogP contribution in [0, 0.1) is 5.82 Å². The number of ether oxygens (including phenoxy) is 2. The molecule has 0 saturated heterocycles. The molecule has 0 spiro atoms. The van der Waals surface area contributed by atoms with Crippen molar-refractivity contribution >= 4 is 28.5 Å². The number of amides is 2. The molecule has 0 radical (unpaired) electrons. The Kier molecular flexibility index (Phi) is 6.96. The summed E-state index contributed by atoms with van der Waals surface area (Å²) in [6, 6.07) is 16.2. The van der Waals surface area contributed by atoms with Crippen LogP contribution in [0.1, 0.15) is 26.5 Å². The average Bonchev–Trinajstić information content (AvgIpc) is 3.18. The SMILES string of the molecule is COc1ccc(C(=O)Nc2ccc3c(c2)nc(CCNC(=O)c2ccccc2F)n3C)cc1OC. The maximum absolute atomic E-state index is 13.8. The fourth-order valence-corrected chi connectivity index (χ4v) is 3.76. The van der Waals surface area contributed by atoms with Gasteiger partial charge in [0.15, 0.2) is 11.5 Å². The van der Waals surface area contributed by atoms with Crippen molar-refractivity contribution in [2.45, 2.75) is 6.42 Å². The number of anilines is 1. The molecule has 0 aliphatic heterocycles. The molecule has 0 unspecified atom stereocenters. The molecule has 2 N–H and O–H groups in total. The summed E-state index contributed by atoms with van der Waals surface area (Å²) in [5, 5.41) is 5.60. The Balaban J connectivity index is 1.44. The van der Waals surface area contributed by atoms with E-state index in [0.717, 1.165) is 11.3 Å². The molecule has 0 saturated carbocycles. The number of methoxy groups -OCH3 is 2. The molecule has 1 aromatic heterocycles. The second-order valence-electron chi connectivity index (χ2n) is 7.80. The van der Waals surface area contributed by atoms with Gasteiger partial charge in [-0.15, -0.1) is 0 Å². The number of nitrogens with zero attached hydrogens (tertiary/aromatic N) is 2. The number of nitrogens with one attached hydrogen (secondary N) is 2. The highest BCUT2D eigenvalue weighted by molar-refractivity contribution is 6.05. The van der Waals surface area contributed by atoms with E-state index in [-0.39, 0.29) is 11.5 Å². The number of hydrogen-bond acceptors (Lipinski definition) is 5. The van der Waals surface area contributed by atoms with E-state index in [9.17, 15) is 14.0 Å². The normalized spacial score (nSPS) is 10.7. The van der Waals surface area contributed by atoms with Crippen LogP contribution < -0.4 is 20.1 Å². The number of rotatable bonds is 8. The van der Waals surface area contributed by atoms with Gasteiger partial charge in [-0.3, -0.25) is 9.59 Å². The molecule has 180 valence electrons. The van der Waals surface area contributed by atoms with Crippen LogP contribution in [0.4, 0.5) is 10.1 Å². The number of hydrogen-bond donors (Lipinski definition) is 2. The van der Waals surface area contributed by atoms with Gasteiger partial charge in [0, 0.05) is 31.3 Å². The number of aromatic nitrogens is 2. The first-order valence-corrected chi connectivity index (χ1v) is 10.9. The first-order valence-electron chi connectivity index (χ1n) is 10.9. The first-order chi connectivity index (χ1) is 16.9. The third kappa shape index (κ3) is 5.08. The topological polar surface area (TPSA) is 94.5 Å². The zero-order valence-electron chi connectivity index (χ0n) is 19.6. The van der Waals surface area contributed by atoms with E-state index in [1.807, 2.05) is 17.7 Å². The third-order valence-corrected chi connectivity index (χ3v) is 5.63. The minimum absolute atomic E-state index is 0.00682. The first kappa shape index (κ1) is 23.7. The molecule has 0 aliphatic carbocycles. The molecule has 35 heavy (non-hydrogen) atoms. The number of aryl methyl sites for hydroxylation is 1. The number of carbonyl (C=O) groups excluding carboxylic acids is 2. The maximum atomic E-state index is 13.8. The van der Waals surface area contributed by atoms with Gasteiger partial charge in [-0.1, -0.05) is 12.1 Å². The standard InChI is InChI=1S/C26H25FN4O4/c1-31-21-10-9-17(29-25(32)16-8-11-22(34-2)23(14-16)35-3)15-20(21)30-24(31)12-13-28-26(33)18-6-4-5-7-19(18)27/h4-11,14-15H,12-13H2,1-3H3,(H,28,33)(H,29,32).